The van der Waals surface area contributed by atoms with Crippen LogP contribution in [-0.2, 0) is 9.84 Å². The van der Waals surface area contributed by atoms with Crippen LogP contribution in [0.1, 0.15) is 47.8 Å². The molecule has 1 atom stereocenters. The number of piperidine rings is 1. The summed E-state index contributed by atoms with van der Waals surface area (Å²) in [6.45, 7) is 4.16. The number of aromatic nitrogens is 2. The van der Waals surface area contributed by atoms with Crippen LogP contribution in [0.4, 0.5) is 11.4 Å². The second-order valence-corrected chi connectivity index (χ2v) is 11.6. The Balaban J connectivity index is 1.39. The van der Waals surface area contributed by atoms with Crippen molar-refractivity contribution in [2.24, 2.45) is 0 Å². The highest BCUT2D eigenvalue weighted by Gasteiger charge is 2.32. The minimum absolute atomic E-state index is 0.0482. The molecule has 34 heavy (non-hydrogen) atoms. The molecule has 178 valence electrons. The Morgan fingerprint density at radius 2 is 1.71 bits per heavy atom. The Labute approximate surface area is 200 Å². The van der Waals surface area contributed by atoms with Crippen LogP contribution in [0, 0.1) is 6.92 Å². The molecular weight excluding hydrogens is 448 g/mol. The third kappa shape index (κ3) is 4.87. The number of anilines is 2. The predicted molar refractivity (Wildman–Crippen MR) is 135 cm³/mol. The van der Waals surface area contributed by atoms with E-state index in [1.807, 2.05) is 55.5 Å². The number of nitrogens with one attached hydrogen (secondary N) is 1. The summed E-state index contributed by atoms with van der Waals surface area (Å²) in [6.07, 6.45) is 4.22. The zero-order valence-electron chi connectivity index (χ0n) is 19.4. The van der Waals surface area contributed by atoms with Gasteiger partial charge < -0.3 is 10.2 Å². The second kappa shape index (κ2) is 9.25. The number of carbonyl (C=O) groups excluding carboxylic acids is 1. The first kappa shape index (κ1) is 22.7. The van der Waals surface area contributed by atoms with Crippen LogP contribution in [-0.4, -0.2) is 48.7 Å². The molecule has 1 N–H and O–H groups in total. The van der Waals surface area contributed by atoms with E-state index in [0.29, 0.717) is 12.1 Å². The fraction of sp³-hybridized carbons (Fsp3) is 0.385. The van der Waals surface area contributed by atoms with E-state index in [9.17, 15) is 13.2 Å². The van der Waals surface area contributed by atoms with Crippen molar-refractivity contribution >= 4 is 27.1 Å². The number of hydrogen-bond donors (Lipinski definition) is 1. The Kier molecular flexibility index (Phi) is 6.16. The van der Waals surface area contributed by atoms with E-state index < -0.39 is 9.84 Å². The fourth-order valence-electron chi connectivity index (χ4n) is 4.79. The van der Waals surface area contributed by atoms with Crippen LogP contribution >= 0.6 is 0 Å². The molecule has 3 aromatic rings. The number of carbonyl (C=O) groups is 1. The first-order chi connectivity index (χ1) is 16.4. The van der Waals surface area contributed by atoms with Gasteiger partial charge in [-0.2, -0.15) is 5.10 Å². The molecule has 3 heterocycles. The van der Waals surface area contributed by atoms with E-state index in [1.54, 1.807) is 10.7 Å². The number of amides is 1. The Bertz CT molecular complexity index is 1270. The summed E-state index contributed by atoms with van der Waals surface area (Å²) in [4.78, 5) is 15.5. The molecule has 1 aromatic heterocycles. The Hall–Kier alpha value is -3.13. The average Bonchev–Trinajstić information content (AvgIpc) is 3.44. The number of benzene rings is 2. The highest BCUT2D eigenvalue weighted by molar-refractivity contribution is 7.91. The van der Waals surface area contributed by atoms with Gasteiger partial charge in [-0.15, -0.1) is 0 Å². The molecule has 0 bridgehead atoms. The fourth-order valence-corrected chi connectivity index (χ4v) is 6.49. The van der Waals surface area contributed by atoms with Gasteiger partial charge in [-0.3, -0.25) is 9.48 Å². The molecule has 2 fully saturated rings. The number of hydrogen-bond acceptors (Lipinski definition) is 5. The van der Waals surface area contributed by atoms with Gasteiger partial charge in [0.1, 0.15) is 0 Å². The van der Waals surface area contributed by atoms with Gasteiger partial charge in [0.15, 0.2) is 15.5 Å². The maximum atomic E-state index is 13.1. The van der Waals surface area contributed by atoms with Crippen LogP contribution in [0.5, 0.6) is 0 Å². The molecular formula is C26H30N4O3S. The average molecular weight is 479 g/mol. The Morgan fingerprint density at radius 3 is 2.35 bits per heavy atom. The van der Waals surface area contributed by atoms with Crippen LogP contribution in [0.25, 0.3) is 11.3 Å². The van der Waals surface area contributed by atoms with Crippen molar-refractivity contribution in [1.29, 1.82) is 0 Å². The van der Waals surface area contributed by atoms with Crippen molar-refractivity contribution < 1.29 is 13.2 Å². The van der Waals surface area contributed by atoms with Gasteiger partial charge >= 0.3 is 0 Å². The molecule has 8 heteroatoms. The molecule has 1 unspecified atom stereocenters. The summed E-state index contributed by atoms with van der Waals surface area (Å²) in [5, 5.41) is 7.52. The van der Waals surface area contributed by atoms with Crippen LogP contribution in [0.2, 0.25) is 0 Å². The van der Waals surface area contributed by atoms with E-state index in [2.05, 4.69) is 15.3 Å². The summed E-state index contributed by atoms with van der Waals surface area (Å²) >= 11 is 0. The maximum Gasteiger partial charge on any atom is 0.276 e. The largest absolute Gasteiger partial charge is 0.372 e. The van der Waals surface area contributed by atoms with E-state index >= 15 is 0 Å². The van der Waals surface area contributed by atoms with Gasteiger partial charge in [0.2, 0.25) is 0 Å². The number of aryl methyl sites for hydroxylation is 1. The standard InChI is InChI=1S/C26H30N4O3S/c1-19-5-7-20(8-6-19)25-17-24(28-30(25)23-13-16-34(32,33)18-23)26(31)27-21-9-11-22(12-10-21)29-14-3-2-4-15-29/h5-12,17,23H,2-4,13-16,18H2,1H3,(H,27,31). The molecule has 0 aliphatic carbocycles. The Morgan fingerprint density at radius 1 is 1.00 bits per heavy atom. The summed E-state index contributed by atoms with van der Waals surface area (Å²) < 4.78 is 25.9. The van der Waals surface area contributed by atoms with Crippen molar-refractivity contribution in [3.05, 3.63) is 65.9 Å². The van der Waals surface area contributed by atoms with Crippen LogP contribution in [0.3, 0.4) is 0 Å². The molecule has 2 aliphatic heterocycles. The summed E-state index contributed by atoms with van der Waals surface area (Å²) in [5.74, 6) is -0.110. The van der Waals surface area contributed by atoms with Gasteiger partial charge in [0.05, 0.1) is 23.2 Å². The molecule has 2 aliphatic rings. The lowest BCUT2D eigenvalue weighted by Gasteiger charge is -2.28. The van der Waals surface area contributed by atoms with Gasteiger partial charge in [0.25, 0.3) is 5.91 Å². The van der Waals surface area contributed by atoms with Crippen molar-refractivity contribution in [2.45, 2.75) is 38.6 Å². The first-order valence-electron chi connectivity index (χ1n) is 11.9. The molecule has 5 rings (SSSR count). The van der Waals surface area contributed by atoms with Gasteiger partial charge in [-0.05, 0) is 68.5 Å². The van der Waals surface area contributed by atoms with Crippen molar-refractivity contribution in [2.75, 3.05) is 34.8 Å². The third-order valence-electron chi connectivity index (χ3n) is 6.72. The lowest BCUT2D eigenvalue weighted by molar-refractivity contribution is 0.102. The molecule has 2 aromatic carbocycles. The quantitative estimate of drug-likeness (QED) is 0.585. The zero-order chi connectivity index (χ0) is 23.7. The van der Waals surface area contributed by atoms with Gasteiger partial charge in [0, 0.05) is 24.5 Å². The highest BCUT2D eigenvalue weighted by Crippen LogP contribution is 2.30. The molecule has 7 nitrogen and oxygen atoms in total. The first-order valence-corrected chi connectivity index (χ1v) is 13.7. The highest BCUT2D eigenvalue weighted by atomic mass is 32.2. The number of sulfone groups is 1. The van der Waals surface area contributed by atoms with Crippen LogP contribution in [0.15, 0.2) is 54.6 Å². The molecule has 2 saturated heterocycles. The van der Waals surface area contributed by atoms with Crippen molar-refractivity contribution in [1.82, 2.24) is 9.78 Å². The summed E-state index contributed by atoms with van der Waals surface area (Å²) in [5.41, 5.74) is 4.95. The predicted octanol–water partition coefficient (Wildman–Crippen LogP) is 4.46. The summed E-state index contributed by atoms with van der Waals surface area (Å²) in [6, 6.07) is 17.4. The van der Waals surface area contributed by atoms with Gasteiger partial charge in [-0.1, -0.05) is 29.8 Å². The molecule has 0 saturated carbocycles. The second-order valence-electron chi connectivity index (χ2n) is 9.33. The molecule has 0 radical (unpaired) electrons. The molecule has 0 spiro atoms. The minimum atomic E-state index is -3.09. The minimum Gasteiger partial charge on any atom is -0.372 e. The lowest BCUT2D eigenvalue weighted by atomic mass is 10.1. The SMILES string of the molecule is Cc1ccc(-c2cc(C(=O)Nc3ccc(N4CCCCC4)cc3)nn2C2CCS(=O)(=O)C2)cc1. The normalized spacial score (nSPS) is 19.8. The monoisotopic (exact) mass is 478 g/mol. The third-order valence-corrected chi connectivity index (χ3v) is 8.47. The maximum absolute atomic E-state index is 13.1. The van der Waals surface area contributed by atoms with Crippen LogP contribution < -0.4 is 10.2 Å². The number of rotatable bonds is 5. The van der Waals surface area contributed by atoms with E-state index in [1.165, 1.54) is 24.9 Å². The summed E-state index contributed by atoms with van der Waals surface area (Å²) in [7, 11) is -3.09. The van der Waals surface area contributed by atoms with E-state index in [4.69, 9.17) is 0 Å². The lowest BCUT2D eigenvalue weighted by Crippen LogP contribution is -2.29. The van der Waals surface area contributed by atoms with Crippen molar-refractivity contribution in [3.63, 3.8) is 0 Å². The van der Waals surface area contributed by atoms with Gasteiger partial charge in [-0.25, -0.2) is 8.42 Å². The molecule has 1 amide bonds. The smallest absolute Gasteiger partial charge is 0.276 e. The van der Waals surface area contributed by atoms with E-state index in [0.717, 1.165) is 29.9 Å². The zero-order valence-corrected chi connectivity index (χ0v) is 20.2. The van der Waals surface area contributed by atoms with E-state index in [-0.39, 0.29) is 29.1 Å². The topological polar surface area (TPSA) is 84.3 Å². The number of nitrogens with zero attached hydrogens (tertiary/aromatic N) is 3. The van der Waals surface area contributed by atoms with Crippen molar-refractivity contribution in [3.8, 4) is 11.3 Å².